The summed E-state index contributed by atoms with van der Waals surface area (Å²) in [7, 11) is -2.69. The first-order valence-corrected chi connectivity index (χ1v) is 6.94. The van der Waals surface area contributed by atoms with E-state index < -0.39 is 9.84 Å². The second-order valence-corrected chi connectivity index (χ2v) is 6.38. The standard InChI is InChI=1S/C9H17NO2S.ClH/c11-13(12)7-4-9(8-13)10-5-2-1-3-6-10;/h9H,1-8H2;1H/p-1. The Morgan fingerprint density at radius 3 is 2.21 bits per heavy atom. The van der Waals surface area contributed by atoms with Gasteiger partial charge in [-0.3, -0.25) is 4.90 Å². The minimum Gasteiger partial charge on any atom is -1.00 e. The van der Waals surface area contributed by atoms with Gasteiger partial charge in [0.15, 0.2) is 9.84 Å². The molecule has 0 aromatic carbocycles. The molecule has 0 N–H and O–H groups in total. The quantitative estimate of drug-likeness (QED) is 0.514. The Bertz CT molecular complexity index is 273. The van der Waals surface area contributed by atoms with Crippen molar-refractivity contribution >= 4 is 9.84 Å². The molecule has 0 spiro atoms. The normalized spacial score (nSPS) is 32.4. The van der Waals surface area contributed by atoms with Crippen molar-refractivity contribution in [1.29, 1.82) is 0 Å². The summed E-state index contributed by atoms with van der Waals surface area (Å²) in [5.41, 5.74) is 0. The van der Waals surface area contributed by atoms with E-state index in [1.165, 1.54) is 19.3 Å². The number of hydrogen-bond acceptors (Lipinski definition) is 3. The summed E-state index contributed by atoms with van der Waals surface area (Å²) in [5, 5.41) is 0. The summed E-state index contributed by atoms with van der Waals surface area (Å²) in [6.45, 7) is 2.22. The van der Waals surface area contributed by atoms with Crippen LogP contribution in [-0.2, 0) is 9.84 Å². The molecule has 1 unspecified atom stereocenters. The van der Waals surface area contributed by atoms with Crippen LogP contribution < -0.4 is 12.4 Å². The lowest BCUT2D eigenvalue weighted by atomic mass is 10.1. The molecule has 0 aliphatic carbocycles. The van der Waals surface area contributed by atoms with E-state index in [1.807, 2.05) is 0 Å². The number of halogens is 1. The number of nitrogens with zero attached hydrogens (tertiary/aromatic N) is 1. The Morgan fingerprint density at radius 2 is 1.71 bits per heavy atom. The summed E-state index contributed by atoms with van der Waals surface area (Å²) in [6.07, 6.45) is 4.67. The Labute approximate surface area is 92.2 Å². The third-order valence-electron chi connectivity index (χ3n) is 3.12. The molecule has 2 rings (SSSR count). The summed E-state index contributed by atoms with van der Waals surface area (Å²) < 4.78 is 22.5. The highest BCUT2D eigenvalue weighted by atomic mass is 35.5. The highest BCUT2D eigenvalue weighted by Crippen LogP contribution is 2.21. The highest BCUT2D eigenvalue weighted by Gasteiger charge is 2.32. The molecular formula is C9H17ClNO2S-. The minimum atomic E-state index is -2.69. The lowest BCUT2D eigenvalue weighted by Crippen LogP contribution is -3.00. The van der Waals surface area contributed by atoms with Gasteiger partial charge in [-0.15, -0.1) is 0 Å². The summed E-state index contributed by atoms with van der Waals surface area (Å²) in [4.78, 5) is 2.37. The van der Waals surface area contributed by atoms with Crippen LogP contribution in [0.5, 0.6) is 0 Å². The zero-order valence-corrected chi connectivity index (χ0v) is 9.86. The van der Waals surface area contributed by atoms with Crippen molar-refractivity contribution in [2.45, 2.75) is 31.7 Å². The van der Waals surface area contributed by atoms with Crippen LogP contribution in [0.1, 0.15) is 25.7 Å². The smallest absolute Gasteiger partial charge is 0.151 e. The lowest BCUT2D eigenvalue weighted by Gasteiger charge is -2.31. The maximum atomic E-state index is 11.3. The number of hydrogen-bond donors (Lipinski definition) is 0. The van der Waals surface area contributed by atoms with E-state index in [-0.39, 0.29) is 12.4 Å². The molecule has 14 heavy (non-hydrogen) atoms. The van der Waals surface area contributed by atoms with Crippen molar-refractivity contribution in [3.05, 3.63) is 0 Å². The molecule has 5 heteroatoms. The molecule has 0 aromatic heterocycles. The third kappa shape index (κ3) is 2.84. The SMILES string of the molecule is O=S1(=O)CCC(N2CCCCC2)C1.[Cl-]. The van der Waals surface area contributed by atoms with Crippen LogP contribution in [0.25, 0.3) is 0 Å². The van der Waals surface area contributed by atoms with Gasteiger partial charge in [0.25, 0.3) is 0 Å². The third-order valence-corrected chi connectivity index (χ3v) is 4.87. The maximum Gasteiger partial charge on any atom is 0.151 e. The van der Waals surface area contributed by atoms with Crippen LogP contribution in [0.3, 0.4) is 0 Å². The molecular weight excluding hydrogens is 222 g/mol. The first kappa shape index (κ1) is 12.3. The van der Waals surface area contributed by atoms with Gasteiger partial charge in [-0.05, 0) is 32.4 Å². The largest absolute Gasteiger partial charge is 1.00 e. The van der Waals surface area contributed by atoms with Crippen molar-refractivity contribution in [3.8, 4) is 0 Å². The van der Waals surface area contributed by atoms with Gasteiger partial charge in [0.2, 0.25) is 0 Å². The van der Waals surface area contributed by atoms with Gasteiger partial charge in [-0.1, -0.05) is 6.42 Å². The molecule has 2 heterocycles. The summed E-state index contributed by atoms with van der Waals surface area (Å²) >= 11 is 0. The number of likely N-dealkylation sites (tertiary alicyclic amines) is 1. The van der Waals surface area contributed by atoms with Crippen molar-refractivity contribution in [2.24, 2.45) is 0 Å². The van der Waals surface area contributed by atoms with Crippen LogP contribution >= 0.6 is 0 Å². The van der Waals surface area contributed by atoms with Gasteiger partial charge >= 0.3 is 0 Å². The van der Waals surface area contributed by atoms with Gasteiger partial charge in [-0.2, -0.15) is 0 Å². The molecule has 1 atom stereocenters. The maximum absolute atomic E-state index is 11.3. The Balaban J connectivity index is 0.000000980. The van der Waals surface area contributed by atoms with E-state index in [4.69, 9.17) is 0 Å². The predicted octanol–water partition coefficient (Wildman–Crippen LogP) is -2.34. The molecule has 2 aliphatic rings. The average molecular weight is 239 g/mol. The molecule has 2 aliphatic heterocycles. The molecule has 0 bridgehead atoms. The molecule has 0 saturated carbocycles. The Morgan fingerprint density at radius 1 is 1.07 bits per heavy atom. The first-order valence-electron chi connectivity index (χ1n) is 5.12. The first-order chi connectivity index (χ1) is 6.17. The Hall–Kier alpha value is 0.200. The van der Waals surface area contributed by atoms with Crippen molar-refractivity contribution < 1.29 is 20.8 Å². The monoisotopic (exact) mass is 238 g/mol. The molecule has 0 amide bonds. The zero-order chi connectivity index (χ0) is 9.31. The lowest BCUT2D eigenvalue weighted by molar-refractivity contribution is -0.00000527. The molecule has 0 aromatic rings. The summed E-state index contributed by atoms with van der Waals surface area (Å²) in [5.74, 6) is 0.821. The number of sulfone groups is 1. The van der Waals surface area contributed by atoms with Crippen molar-refractivity contribution in [3.63, 3.8) is 0 Å². The van der Waals surface area contributed by atoms with E-state index in [0.29, 0.717) is 17.5 Å². The van der Waals surface area contributed by atoms with E-state index >= 15 is 0 Å². The van der Waals surface area contributed by atoms with Gasteiger partial charge in [0.1, 0.15) is 0 Å². The van der Waals surface area contributed by atoms with Gasteiger partial charge in [0, 0.05) is 6.04 Å². The van der Waals surface area contributed by atoms with Crippen molar-refractivity contribution in [1.82, 2.24) is 4.90 Å². The molecule has 2 fully saturated rings. The van der Waals surface area contributed by atoms with Crippen molar-refractivity contribution in [2.75, 3.05) is 24.6 Å². The van der Waals surface area contributed by atoms with Crippen LogP contribution in [0.15, 0.2) is 0 Å². The van der Waals surface area contributed by atoms with Crippen LogP contribution in [-0.4, -0.2) is 44.0 Å². The molecule has 84 valence electrons. The topological polar surface area (TPSA) is 37.4 Å². The average Bonchev–Trinajstić information content (AvgIpc) is 2.48. The molecule has 3 nitrogen and oxygen atoms in total. The Kier molecular flexibility index (Phi) is 4.22. The van der Waals surface area contributed by atoms with Crippen LogP contribution in [0.2, 0.25) is 0 Å². The fraction of sp³-hybridized carbons (Fsp3) is 1.00. The second kappa shape index (κ2) is 4.81. The van der Waals surface area contributed by atoms with Gasteiger partial charge in [0.05, 0.1) is 11.5 Å². The van der Waals surface area contributed by atoms with Gasteiger partial charge < -0.3 is 12.4 Å². The van der Waals surface area contributed by atoms with E-state index in [2.05, 4.69) is 4.90 Å². The predicted molar refractivity (Wildman–Crippen MR) is 52.5 cm³/mol. The van der Waals surface area contributed by atoms with E-state index in [9.17, 15) is 8.42 Å². The number of rotatable bonds is 1. The second-order valence-electron chi connectivity index (χ2n) is 4.15. The summed E-state index contributed by atoms with van der Waals surface area (Å²) in [6, 6.07) is 0.338. The zero-order valence-electron chi connectivity index (χ0n) is 8.28. The van der Waals surface area contributed by atoms with Crippen LogP contribution in [0, 0.1) is 0 Å². The highest BCUT2D eigenvalue weighted by molar-refractivity contribution is 7.91. The fourth-order valence-corrected chi connectivity index (χ4v) is 4.11. The van der Waals surface area contributed by atoms with Crippen LogP contribution in [0.4, 0.5) is 0 Å². The van der Waals surface area contributed by atoms with Gasteiger partial charge in [-0.25, -0.2) is 8.42 Å². The number of piperidine rings is 1. The van der Waals surface area contributed by atoms with E-state index in [0.717, 1.165) is 19.5 Å². The molecule has 2 saturated heterocycles. The van der Waals surface area contributed by atoms with E-state index in [1.54, 1.807) is 0 Å². The fourth-order valence-electron chi connectivity index (χ4n) is 2.35. The molecule has 0 radical (unpaired) electrons. The minimum absolute atomic E-state index is 0.